The number of fused-ring (bicyclic) bond motifs is 1. The van der Waals surface area contributed by atoms with E-state index < -0.39 is 32.2 Å². The molecular weight excluding hydrogens is 634 g/mol. The lowest BCUT2D eigenvalue weighted by atomic mass is 9.97. The molecule has 0 aliphatic rings. The highest BCUT2D eigenvalue weighted by molar-refractivity contribution is 6.99. The fourth-order valence-corrected chi connectivity index (χ4v) is 11.9. The third kappa shape index (κ3) is 5.92. The van der Waals surface area contributed by atoms with Crippen LogP contribution >= 0.6 is 11.6 Å². The Balaban J connectivity index is 1.72. The molecule has 5 nitrogen and oxygen atoms in total. The molecule has 1 unspecified atom stereocenters. The Kier molecular flexibility index (Phi) is 9.25. The second-order valence-corrected chi connectivity index (χ2v) is 17.8. The van der Waals surface area contributed by atoms with Gasteiger partial charge in [-0.15, -0.1) is 0 Å². The number of hydrogen-bond acceptors (Lipinski definition) is 3. The summed E-state index contributed by atoms with van der Waals surface area (Å²) in [5.41, 5.74) is 3.22. The Morgan fingerprint density at radius 2 is 1.19 bits per heavy atom. The molecule has 1 heterocycles. The average Bonchev–Trinajstić information content (AvgIpc) is 3.41. The molecule has 6 rings (SSSR count). The summed E-state index contributed by atoms with van der Waals surface area (Å²) in [6.45, 7) is 8.53. The standard InChI is InChI=1S/C41H38ClNO4Si/c1-28(47-48(41(2,3)4,32-21-13-7-14-22-32)33-23-15-8-16-24-33)37-36(39(44)40(45)46)34-27-31(42)25-26-35(34)43(37)38(29-17-9-5-10-18-29)30-19-11-6-12-20-30/h5-28,38H,1-4H3,(H,45,46). The highest BCUT2D eigenvalue weighted by Gasteiger charge is 2.52. The number of benzene rings is 5. The molecule has 0 saturated carbocycles. The van der Waals surface area contributed by atoms with Crippen LogP contribution in [0.15, 0.2) is 140 Å². The summed E-state index contributed by atoms with van der Waals surface area (Å²) >= 11 is 6.56. The van der Waals surface area contributed by atoms with Crippen molar-refractivity contribution in [2.45, 2.75) is 44.9 Å². The number of aliphatic carboxylic acids is 1. The molecule has 1 atom stereocenters. The fourth-order valence-electron chi connectivity index (χ4n) is 7.10. The van der Waals surface area contributed by atoms with E-state index >= 15 is 0 Å². The minimum absolute atomic E-state index is 0.0855. The third-order valence-corrected chi connectivity index (χ3v) is 14.4. The van der Waals surface area contributed by atoms with E-state index in [2.05, 4.69) is 73.9 Å². The van der Waals surface area contributed by atoms with Gasteiger partial charge in [-0.3, -0.25) is 4.79 Å². The summed E-state index contributed by atoms with van der Waals surface area (Å²) in [7, 11) is -3.15. The number of halogens is 1. The Morgan fingerprint density at radius 1 is 0.729 bits per heavy atom. The van der Waals surface area contributed by atoms with Crippen LogP contribution in [0.5, 0.6) is 0 Å². The number of carboxylic acid groups (broad SMARTS) is 1. The number of carbonyl (C=O) groups is 2. The Hall–Kier alpha value is -4.75. The van der Waals surface area contributed by atoms with Crippen molar-refractivity contribution in [3.8, 4) is 0 Å². The van der Waals surface area contributed by atoms with Gasteiger partial charge in [-0.25, -0.2) is 4.79 Å². The van der Waals surface area contributed by atoms with Crippen molar-refractivity contribution in [2.24, 2.45) is 0 Å². The van der Waals surface area contributed by atoms with Gasteiger partial charge < -0.3 is 14.1 Å². The maximum Gasteiger partial charge on any atom is 0.377 e. The van der Waals surface area contributed by atoms with Gasteiger partial charge >= 0.3 is 5.97 Å². The zero-order chi connectivity index (χ0) is 34.1. The number of hydrogen-bond donors (Lipinski definition) is 1. The predicted molar refractivity (Wildman–Crippen MR) is 196 cm³/mol. The molecule has 0 bridgehead atoms. The Bertz CT molecular complexity index is 1980. The summed E-state index contributed by atoms with van der Waals surface area (Å²) in [6.07, 6.45) is -0.726. The van der Waals surface area contributed by atoms with Gasteiger partial charge in [0, 0.05) is 10.4 Å². The van der Waals surface area contributed by atoms with E-state index in [1.807, 2.05) is 85.8 Å². The van der Waals surface area contributed by atoms with Crippen LogP contribution in [0.1, 0.15) is 67.0 Å². The first-order chi connectivity index (χ1) is 23.0. The molecule has 6 aromatic rings. The minimum atomic E-state index is -3.15. The SMILES string of the molecule is CC(O[Si](c1ccccc1)(c1ccccc1)C(C)(C)C)c1c(C(=O)C(=O)O)c2cc(Cl)ccc2n1C(c1ccccc1)c1ccccc1. The molecule has 1 aromatic heterocycles. The number of ketones is 1. The second kappa shape index (κ2) is 13.4. The van der Waals surface area contributed by atoms with E-state index in [0.29, 0.717) is 21.6 Å². The van der Waals surface area contributed by atoms with Crippen molar-refractivity contribution >= 4 is 52.9 Å². The summed E-state index contributed by atoms with van der Waals surface area (Å²) in [6, 6.07) is 45.6. The molecule has 0 amide bonds. The molecule has 0 fully saturated rings. The molecule has 48 heavy (non-hydrogen) atoms. The highest BCUT2D eigenvalue weighted by atomic mass is 35.5. The number of carboxylic acids is 1. The smallest absolute Gasteiger partial charge is 0.377 e. The molecule has 0 aliphatic carbocycles. The number of aromatic nitrogens is 1. The molecule has 0 radical (unpaired) electrons. The summed E-state index contributed by atoms with van der Waals surface area (Å²) < 4.78 is 9.69. The van der Waals surface area contributed by atoms with Crippen molar-refractivity contribution in [3.63, 3.8) is 0 Å². The Labute approximate surface area is 287 Å². The average molecular weight is 672 g/mol. The normalized spacial score (nSPS) is 12.7. The quantitative estimate of drug-likeness (QED) is 0.0898. The molecule has 242 valence electrons. The van der Waals surface area contributed by atoms with Gasteiger partial charge in [-0.1, -0.05) is 154 Å². The first-order valence-electron chi connectivity index (χ1n) is 16.0. The molecule has 0 saturated heterocycles. The molecule has 5 aromatic carbocycles. The van der Waals surface area contributed by atoms with Gasteiger partial charge in [0.25, 0.3) is 14.1 Å². The zero-order valence-corrected chi connectivity index (χ0v) is 29.2. The summed E-state index contributed by atoms with van der Waals surface area (Å²) in [4.78, 5) is 26.5. The van der Waals surface area contributed by atoms with Crippen molar-refractivity contribution in [1.29, 1.82) is 0 Å². The molecular formula is C41H38ClNO4Si. The van der Waals surface area contributed by atoms with E-state index in [1.54, 1.807) is 12.1 Å². The maximum atomic E-state index is 13.9. The number of nitrogens with zero attached hydrogens (tertiary/aromatic N) is 1. The van der Waals surface area contributed by atoms with Gasteiger partial charge in [0.05, 0.1) is 28.9 Å². The molecule has 0 aliphatic heterocycles. The minimum Gasteiger partial charge on any atom is -0.475 e. The van der Waals surface area contributed by atoms with Crippen molar-refractivity contribution in [1.82, 2.24) is 4.57 Å². The van der Waals surface area contributed by atoms with E-state index in [4.69, 9.17) is 16.0 Å². The fraction of sp³-hybridized carbons (Fsp3) is 0.171. The van der Waals surface area contributed by atoms with Crippen LogP contribution in [0.2, 0.25) is 10.1 Å². The van der Waals surface area contributed by atoms with E-state index in [-0.39, 0.29) is 10.6 Å². The van der Waals surface area contributed by atoms with Gasteiger partial charge in [0.15, 0.2) is 0 Å². The number of Topliss-reactive ketones (excluding diaryl/α,β-unsaturated/α-hetero) is 1. The van der Waals surface area contributed by atoms with Crippen molar-refractivity contribution in [2.75, 3.05) is 0 Å². The van der Waals surface area contributed by atoms with Crippen LogP contribution in [0.25, 0.3) is 10.9 Å². The lowest BCUT2D eigenvalue weighted by molar-refractivity contribution is -0.131. The van der Waals surface area contributed by atoms with E-state index in [1.165, 1.54) is 0 Å². The van der Waals surface area contributed by atoms with Gasteiger partial charge in [0.2, 0.25) is 0 Å². The van der Waals surface area contributed by atoms with Crippen molar-refractivity contribution < 1.29 is 19.1 Å². The monoisotopic (exact) mass is 671 g/mol. The first kappa shape index (κ1) is 33.2. The van der Waals surface area contributed by atoms with E-state index in [0.717, 1.165) is 21.5 Å². The van der Waals surface area contributed by atoms with Crippen LogP contribution < -0.4 is 10.4 Å². The van der Waals surface area contributed by atoms with Crippen LogP contribution in [-0.4, -0.2) is 29.7 Å². The van der Waals surface area contributed by atoms with Crippen LogP contribution in [0.4, 0.5) is 0 Å². The summed E-state index contributed by atoms with van der Waals surface area (Å²) in [5, 5.41) is 12.9. The van der Waals surface area contributed by atoms with Crippen molar-refractivity contribution in [3.05, 3.63) is 167 Å². The maximum absolute atomic E-state index is 13.9. The van der Waals surface area contributed by atoms with Gasteiger partial charge in [-0.2, -0.15) is 0 Å². The largest absolute Gasteiger partial charge is 0.475 e. The third-order valence-electron chi connectivity index (χ3n) is 9.07. The lowest BCUT2D eigenvalue weighted by Crippen LogP contribution is -2.66. The molecule has 1 N–H and O–H groups in total. The molecule has 0 spiro atoms. The predicted octanol–water partition coefficient (Wildman–Crippen LogP) is 8.84. The van der Waals surface area contributed by atoms with Gasteiger partial charge in [-0.05, 0) is 51.7 Å². The zero-order valence-electron chi connectivity index (χ0n) is 27.4. The first-order valence-corrected chi connectivity index (χ1v) is 18.3. The Morgan fingerprint density at radius 3 is 1.62 bits per heavy atom. The van der Waals surface area contributed by atoms with Gasteiger partial charge in [0.1, 0.15) is 0 Å². The topological polar surface area (TPSA) is 68.5 Å². The van der Waals surface area contributed by atoms with Crippen LogP contribution in [-0.2, 0) is 9.22 Å². The lowest BCUT2D eigenvalue weighted by Gasteiger charge is -2.45. The summed E-state index contributed by atoms with van der Waals surface area (Å²) in [5.74, 6) is -2.54. The highest BCUT2D eigenvalue weighted by Crippen LogP contribution is 2.44. The molecule has 7 heteroatoms. The second-order valence-electron chi connectivity index (χ2n) is 13.1. The van der Waals surface area contributed by atoms with Crippen LogP contribution in [0, 0.1) is 0 Å². The van der Waals surface area contributed by atoms with E-state index in [9.17, 15) is 14.7 Å². The van der Waals surface area contributed by atoms with Crippen LogP contribution in [0.3, 0.4) is 0 Å². The number of carbonyl (C=O) groups excluding carboxylic acids is 1. The number of rotatable bonds is 10.